The molecule has 0 radical (unpaired) electrons. The number of anilines is 1. The maximum absolute atomic E-state index is 9.63. The first kappa shape index (κ1) is 14.1. The Morgan fingerprint density at radius 2 is 1.95 bits per heavy atom. The zero-order valence-corrected chi connectivity index (χ0v) is 12.3. The Morgan fingerprint density at radius 3 is 2.77 bits per heavy atom. The second-order valence-electron chi connectivity index (χ2n) is 4.52. The first-order chi connectivity index (χ1) is 10.7. The van der Waals surface area contributed by atoms with Crippen LogP contribution in [0.4, 0.5) is 5.13 Å². The molecule has 0 saturated heterocycles. The number of phenols is 2. The first-order valence-electron chi connectivity index (χ1n) is 6.54. The number of aromatic hydroxyl groups is 2. The Hall–Kier alpha value is -2.86. The number of para-hydroxylation sites is 1. The maximum Gasteiger partial charge on any atom is 0.203 e. The third-order valence-corrected chi connectivity index (χ3v) is 3.69. The Labute approximate surface area is 131 Å². The van der Waals surface area contributed by atoms with E-state index in [0.29, 0.717) is 10.7 Å². The third kappa shape index (κ3) is 3.24. The molecule has 22 heavy (non-hydrogen) atoms. The van der Waals surface area contributed by atoms with Crippen LogP contribution < -0.4 is 5.43 Å². The minimum atomic E-state index is 0.174. The summed E-state index contributed by atoms with van der Waals surface area (Å²) in [6.07, 6.45) is 1.53. The van der Waals surface area contributed by atoms with E-state index in [1.807, 2.05) is 17.5 Å². The van der Waals surface area contributed by atoms with Crippen LogP contribution in [0.3, 0.4) is 0 Å². The summed E-state index contributed by atoms with van der Waals surface area (Å²) in [7, 11) is 0. The molecule has 3 rings (SSSR count). The molecule has 3 aromatic rings. The lowest BCUT2D eigenvalue weighted by Gasteiger charge is -1.98. The van der Waals surface area contributed by atoms with Gasteiger partial charge in [-0.2, -0.15) is 5.10 Å². The molecule has 1 aromatic heterocycles. The quantitative estimate of drug-likeness (QED) is 0.507. The van der Waals surface area contributed by atoms with E-state index in [4.69, 9.17) is 0 Å². The van der Waals surface area contributed by atoms with Gasteiger partial charge in [0.2, 0.25) is 5.13 Å². The van der Waals surface area contributed by atoms with Crippen molar-refractivity contribution in [2.75, 3.05) is 5.43 Å². The molecule has 0 spiro atoms. The Balaban J connectivity index is 1.71. The molecule has 3 N–H and O–H groups in total. The van der Waals surface area contributed by atoms with E-state index in [1.165, 1.54) is 17.6 Å². The number of hydrazone groups is 1. The van der Waals surface area contributed by atoms with Crippen LogP contribution in [0.1, 0.15) is 5.56 Å². The van der Waals surface area contributed by atoms with Gasteiger partial charge in [0, 0.05) is 16.5 Å². The summed E-state index contributed by atoms with van der Waals surface area (Å²) >= 11 is 1.41. The second kappa shape index (κ2) is 6.28. The van der Waals surface area contributed by atoms with Gasteiger partial charge in [0.15, 0.2) is 0 Å². The molecular weight excluding hydrogens is 298 g/mol. The highest BCUT2D eigenvalue weighted by atomic mass is 32.1. The fraction of sp³-hybridized carbons (Fsp3) is 0. The molecule has 0 atom stereocenters. The van der Waals surface area contributed by atoms with E-state index >= 15 is 0 Å². The molecule has 1 heterocycles. The number of nitrogens with zero attached hydrogens (tertiary/aromatic N) is 2. The van der Waals surface area contributed by atoms with Crippen LogP contribution in [0, 0.1) is 0 Å². The fourth-order valence-corrected chi connectivity index (χ4v) is 2.55. The summed E-state index contributed by atoms with van der Waals surface area (Å²) in [5.74, 6) is 0.380. The van der Waals surface area contributed by atoms with Crippen molar-refractivity contribution in [1.29, 1.82) is 0 Å². The number of hydrogen-bond acceptors (Lipinski definition) is 6. The molecule has 0 fully saturated rings. The SMILES string of the molecule is Oc1cccc(-c2csc(N/N=C/c3ccccc3O)n2)c1. The van der Waals surface area contributed by atoms with E-state index in [0.717, 1.165) is 11.3 Å². The largest absolute Gasteiger partial charge is 0.508 e. The molecular formula is C16H13N3O2S. The van der Waals surface area contributed by atoms with E-state index in [1.54, 1.807) is 36.4 Å². The zero-order valence-electron chi connectivity index (χ0n) is 11.5. The Kier molecular flexibility index (Phi) is 4.02. The van der Waals surface area contributed by atoms with Crippen molar-refractivity contribution in [2.45, 2.75) is 0 Å². The average molecular weight is 311 g/mol. The van der Waals surface area contributed by atoms with Gasteiger partial charge in [-0.05, 0) is 24.3 Å². The van der Waals surface area contributed by atoms with Crippen LogP contribution in [0.5, 0.6) is 11.5 Å². The number of hydrogen-bond donors (Lipinski definition) is 3. The topological polar surface area (TPSA) is 77.7 Å². The number of nitrogens with one attached hydrogen (secondary N) is 1. The molecule has 0 aliphatic rings. The molecule has 0 amide bonds. The Bertz CT molecular complexity index is 814. The van der Waals surface area contributed by atoms with E-state index in [2.05, 4.69) is 15.5 Å². The molecule has 0 aliphatic carbocycles. The summed E-state index contributed by atoms with van der Waals surface area (Å²) in [5, 5.41) is 25.7. The molecule has 110 valence electrons. The average Bonchev–Trinajstić information content (AvgIpc) is 2.98. The summed E-state index contributed by atoms with van der Waals surface area (Å²) in [5.41, 5.74) is 5.06. The highest BCUT2D eigenvalue weighted by Crippen LogP contribution is 2.27. The number of aromatic nitrogens is 1. The van der Waals surface area contributed by atoms with Gasteiger partial charge >= 0.3 is 0 Å². The standard InChI is InChI=1S/C16H13N3O2S/c20-13-6-3-5-11(8-13)14-10-22-16(18-14)19-17-9-12-4-1-2-7-15(12)21/h1-10,20-21H,(H,18,19)/b17-9+. The molecule has 0 bridgehead atoms. The lowest BCUT2D eigenvalue weighted by atomic mass is 10.2. The highest BCUT2D eigenvalue weighted by molar-refractivity contribution is 7.14. The third-order valence-electron chi connectivity index (χ3n) is 2.95. The zero-order chi connectivity index (χ0) is 15.4. The monoisotopic (exact) mass is 311 g/mol. The first-order valence-corrected chi connectivity index (χ1v) is 7.42. The van der Waals surface area contributed by atoms with E-state index in [9.17, 15) is 10.2 Å². The minimum Gasteiger partial charge on any atom is -0.508 e. The molecule has 5 nitrogen and oxygen atoms in total. The predicted octanol–water partition coefficient (Wildman–Crippen LogP) is 3.67. The number of benzene rings is 2. The van der Waals surface area contributed by atoms with Crippen LogP contribution in [0.2, 0.25) is 0 Å². The van der Waals surface area contributed by atoms with Crippen molar-refractivity contribution >= 4 is 22.7 Å². The van der Waals surface area contributed by atoms with Crippen molar-refractivity contribution in [3.63, 3.8) is 0 Å². The van der Waals surface area contributed by atoms with Gasteiger partial charge in [-0.25, -0.2) is 4.98 Å². The minimum absolute atomic E-state index is 0.174. The van der Waals surface area contributed by atoms with Crippen LogP contribution in [0.25, 0.3) is 11.3 Å². The van der Waals surface area contributed by atoms with Crippen molar-refractivity contribution in [1.82, 2.24) is 4.98 Å². The van der Waals surface area contributed by atoms with E-state index in [-0.39, 0.29) is 11.5 Å². The molecule has 2 aromatic carbocycles. The van der Waals surface area contributed by atoms with Crippen molar-refractivity contribution < 1.29 is 10.2 Å². The summed E-state index contributed by atoms with van der Waals surface area (Å²) < 4.78 is 0. The predicted molar refractivity (Wildman–Crippen MR) is 88.5 cm³/mol. The van der Waals surface area contributed by atoms with Crippen LogP contribution in [0.15, 0.2) is 59.0 Å². The number of phenolic OH excluding ortho intramolecular Hbond substituents is 2. The van der Waals surface area contributed by atoms with Crippen LogP contribution >= 0.6 is 11.3 Å². The van der Waals surface area contributed by atoms with Gasteiger partial charge in [-0.15, -0.1) is 11.3 Å². The fourth-order valence-electron chi connectivity index (χ4n) is 1.88. The van der Waals surface area contributed by atoms with Crippen molar-refractivity contribution in [2.24, 2.45) is 5.10 Å². The van der Waals surface area contributed by atoms with Gasteiger partial charge < -0.3 is 10.2 Å². The number of rotatable bonds is 4. The highest BCUT2D eigenvalue weighted by Gasteiger charge is 2.04. The van der Waals surface area contributed by atoms with Crippen molar-refractivity contribution in [3.8, 4) is 22.8 Å². The van der Waals surface area contributed by atoms with Gasteiger partial charge in [-0.1, -0.05) is 24.3 Å². The van der Waals surface area contributed by atoms with Gasteiger partial charge in [0.25, 0.3) is 0 Å². The molecule has 0 saturated carbocycles. The maximum atomic E-state index is 9.63. The summed E-state index contributed by atoms with van der Waals surface area (Å²) in [4.78, 5) is 4.40. The molecule has 0 unspecified atom stereocenters. The van der Waals surface area contributed by atoms with Gasteiger partial charge in [0.05, 0.1) is 11.9 Å². The second-order valence-corrected chi connectivity index (χ2v) is 5.38. The Morgan fingerprint density at radius 1 is 1.09 bits per heavy atom. The summed E-state index contributed by atoms with van der Waals surface area (Å²) in [6.45, 7) is 0. The lowest BCUT2D eigenvalue weighted by molar-refractivity contribution is 0.474. The van der Waals surface area contributed by atoms with Gasteiger partial charge in [0.1, 0.15) is 11.5 Å². The normalized spacial score (nSPS) is 10.9. The van der Waals surface area contributed by atoms with Crippen molar-refractivity contribution in [3.05, 3.63) is 59.5 Å². The van der Waals surface area contributed by atoms with Crippen LogP contribution in [-0.2, 0) is 0 Å². The smallest absolute Gasteiger partial charge is 0.203 e. The van der Waals surface area contributed by atoms with Crippen LogP contribution in [-0.4, -0.2) is 21.4 Å². The van der Waals surface area contributed by atoms with E-state index < -0.39 is 0 Å². The summed E-state index contributed by atoms with van der Waals surface area (Å²) in [6, 6.07) is 13.9. The molecule has 6 heteroatoms. The lowest BCUT2D eigenvalue weighted by Crippen LogP contribution is -1.90. The van der Waals surface area contributed by atoms with Gasteiger partial charge in [-0.3, -0.25) is 5.43 Å². The number of thiazole rings is 1. The molecule has 0 aliphatic heterocycles.